The number of aliphatic hydroxyl groups excluding tert-OH is 2. The second-order valence-electron chi connectivity index (χ2n) is 15.8. The lowest BCUT2D eigenvalue weighted by Crippen LogP contribution is -2.46. The molecule has 0 spiro atoms. The lowest BCUT2D eigenvalue weighted by molar-refractivity contribution is -0.124. The zero-order chi connectivity index (χ0) is 41.9. The van der Waals surface area contributed by atoms with E-state index in [4.69, 9.17) is 14.8 Å². The maximum Gasteiger partial charge on any atom is 0.472 e. The van der Waals surface area contributed by atoms with Gasteiger partial charge in [0.25, 0.3) is 0 Å². The van der Waals surface area contributed by atoms with E-state index in [9.17, 15) is 24.5 Å². The summed E-state index contributed by atoms with van der Waals surface area (Å²) in [6.07, 6.45) is 49.2. The Labute approximate surface area is 350 Å². The molecule has 10 heteroatoms. The summed E-state index contributed by atoms with van der Waals surface area (Å²) in [6, 6.07) is -1.01. The van der Waals surface area contributed by atoms with E-state index < -0.39 is 38.6 Å². The van der Waals surface area contributed by atoms with Crippen LogP contribution in [0.1, 0.15) is 206 Å². The summed E-state index contributed by atoms with van der Waals surface area (Å²) in [5, 5.41) is 24.1. The Morgan fingerprint density at radius 1 is 0.596 bits per heavy atom. The number of hydrogen-bond donors (Lipinski definition) is 5. The Hall–Kier alpha value is -1.58. The lowest BCUT2D eigenvalue weighted by Gasteiger charge is -2.24. The van der Waals surface area contributed by atoms with E-state index in [1.165, 1.54) is 116 Å². The minimum atomic E-state index is -4.41. The number of carbonyl (C=O) groups is 1. The van der Waals surface area contributed by atoms with Gasteiger partial charge in [0.1, 0.15) is 0 Å². The highest BCUT2D eigenvalue weighted by Crippen LogP contribution is 2.43. The molecule has 57 heavy (non-hydrogen) atoms. The lowest BCUT2D eigenvalue weighted by atomic mass is 10.0. The van der Waals surface area contributed by atoms with E-state index in [0.717, 1.165) is 57.8 Å². The second kappa shape index (κ2) is 42.5. The molecule has 0 radical (unpaired) electrons. The minimum absolute atomic E-state index is 0.0402. The molecule has 0 saturated carbocycles. The molecule has 1 amide bonds. The van der Waals surface area contributed by atoms with Crippen molar-refractivity contribution in [1.82, 2.24) is 5.32 Å². The Balaban J connectivity index is 4.31. The molecule has 0 aliphatic heterocycles. The van der Waals surface area contributed by atoms with Crippen molar-refractivity contribution in [1.29, 1.82) is 0 Å². The summed E-state index contributed by atoms with van der Waals surface area (Å²) in [5.74, 6) is -0.465. The van der Waals surface area contributed by atoms with Gasteiger partial charge in [-0.15, -0.1) is 0 Å². The Morgan fingerprint density at radius 3 is 1.46 bits per heavy atom. The monoisotopic (exact) mass is 825 g/mol. The molecule has 9 nitrogen and oxygen atoms in total. The first-order chi connectivity index (χ1) is 27.8. The maximum absolute atomic E-state index is 12.8. The number of phosphoric acid groups is 1. The first-order valence-corrected chi connectivity index (χ1v) is 24.8. The number of amides is 1. The zero-order valence-electron chi connectivity index (χ0n) is 36.7. The fraction of sp³-hybridized carbons (Fsp3) is 0.809. The predicted molar refractivity (Wildman–Crippen MR) is 241 cm³/mol. The van der Waals surface area contributed by atoms with Gasteiger partial charge in [-0.1, -0.05) is 178 Å². The van der Waals surface area contributed by atoms with Gasteiger partial charge in [-0.05, 0) is 70.6 Å². The number of phosphoric ester groups is 1. The number of nitrogens with one attached hydrogen (secondary N) is 1. The average molecular weight is 825 g/mol. The van der Waals surface area contributed by atoms with Crippen molar-refractivity contribution >= 4 is 13.7 Å². The van der Waals surface area contributed by atoms with Crippen LogP contribution < -0.4 is 11.1 Å². The third-order valence-corrected chi connectivity index (χ3v) is 11.1. The second-order valence-corrected chi connectivity index (χ2v) is 17.2. The largest absolute Gasteiger partial charge is 0.472 e. The molecule has 0 rings (SSSR count). The summed E-state index contributed by atoms with van der Waals surface area (Å²) in [6.45, 7) is 3.93. The molecular formula is C47H89N2O7P. The van der Waals surface area contributed by atoms with Crippen molar-refractivity contribution in [3.05, 3.63) is 48.6 Å². The molecule has 4 unspecified atom stereocenters. The Morgan fingerprint density at radius 2 is 1.00 bits per heavy atom. The standard InChI is InChI=1S/C47H89N2O7P/c1-3-5-7-9-11-13-15-17-19-20-21-22-23-25-26-28-30-32-34-36-38-44(50)42-47(52)49-45(43-56-57(53,54)55-41-40-48)46(51)39-37-35-33-31-29-27-24-18-16-14-12-10-8-6-4-2/h16,18,23,25,29,31,37,39,44-46,50-51H,3-15,17,19-22,24,26-28,30,32-36,38,40-43,48H2,1-2H3,(H,49,52)(H,53,54)/b18-16+,25-23-,31-29+,39-37+. The molecule has 0 aromatic carbocycles. The van der Waals surface area contributed by atoms with Gasteiger partial charge in [0.2, 0.25) is 5.91 Å². The van der Waals surface area contributed by atoms with E-state index in [2.05, 4.69) is 55.6 Å². The van der Waals surface area contributed by atoms with Gasteiger partial charge in [0, 0.05) is 6.54 Å². The molecule has 0 aromatic heterocycles. The molecular weight excluding hydrogens is 735 g/mol. The van der Waals surface area contributed by atoms with Gasteiger partial charge in [-0.25, -0.2) is 4.57 Å². The van der Waals surface area contributed by atoms with Crippen LogP contribution in [0, 0.1) is 0 Å². The minimum Gasteiger partial charge on any atom is -0.393 e. The first-order valence-electron chi connectivity index (χ1n) is 23.3. The summed E-state index contributed by atoms with van der Waals surface area (Å²) in [7, 11) is -4.41. The third kappa shape index (κ3) is 41.0. The molecule has 6 N–H and O–H groups in total. The molecule has 0 heterocycles. The number of rotatable bonds is 43. The Bertz CT molecular complexity index is 1050. The van der Waals surface area contributed by atoms with Crippen molar-refractivity contribution in [2.45, 2.75) is 225 Å². The number of hydrogen-bond acceptors (Lipinski definition) is 7. The zero-order valence-corrected chi connectivity index (χ0v) is 37.6. The molecule has 0 fully saturated rings. The topological polar surface area (TPSA) is 151 Å². The highest BCUT2D eigenvalue weighted by molar-refractivity contribution is 7.47. The highest BCUT2D eigenvalue weighted by Gasteiger charge is 2.27. The number of allylic oxidation sites excluding steroid dienone is 7. The number of aliphatic hydroxyl groups is 2. The van der Waals surface area contributed by atoms with Crippen LogP contribution in [0.3, 0.4) is 0 Å². The van der Waals surface area contributed by atoms with E-state index in [1.54, 1.807) is 6.08 Å². The van der Waals surface area contributed by atoms with Crippen LogP contribution in [0.25, 0.3) is 0 Å². The van der Waals surface area contributed by atoms with Crippen LogP contribution in [0.4, 0.5) is 0 Å². The average Bonchev–Trinajstić information content (AvgIpc) is 3.19. The van der Waals surface area contributed by atoms with Crippen LogP contribution in [0.15, 0.2) is 48.6 Å². The van der Waals surface area contributed by atoms with Gasteiger partial charge < -0.3 is 26.2 Å². The molecule has 0 aliphatic carbocycles. The van der Waals surface area contributed by atoms with Gasteiger partial charge in [-0.3, -0.25) is 13.8 Å². The van der Waals surface area contributed by atoms with Crippen molar-refractivity contribution in [2.75, 3.05) is 19.8 Å². The SMILES string of the molecule is CCCCCCC/C=C/CC/C=C/CC/C=C/C(O)C(COP(=O)(O)OCCN)NC(=O)CC(O)CCCCCCC/C=C\CCCCCCCCCCCCC. The maximum atomic E-state index is 12.8. The molecule has 4 atom stereocenters. The van der Waals surface area contributed by atoms with Crippen LogP contribution in [-0.4, -0.2) is 59.0 Å². The van der Waals surface area contributed by atoms with E-state index in [1.807, 2.05) is 6.08 Å². The number of carbonyl (C=O) groups excluding carboxylic acids is 1. The van der Waals surface area contributed by atoms with Gasteiger partial charge in [0.05, 0.1) is 37.9 Å². The van der Waals surface area contributed by atoms with Crippen molar-refractivity contribution in [2.24, 2.45) is 5.73 Å². The van der Waals surface area contributed by atoms with Crippen LogP contribution in [-0.2, 0) is 18.4 Å². The number of nitrogens with two attached hydrogens (primary N) is 1. The highest BCUT2D eigenvalue weighted by atomic mass is 31.2. The van der Waals surface area contributed by atoms with Crippen molar-refractivity contribution < 1.29 is 33.5 Å². The van der Waals surface area contributed by atoms with Gasteiger partial charge >= 0.3 is 7.82 Å². The summed E-state index contributed by atoms with van der Waals surface area (Å²) >= 11 is 0. The van der Waals surface area contributed by atoms with Gasteiger partial charge in [-0.2, -0.15) is 0 Å². The normalized spacial score (nSPS) is 15.0. The van der Waals surface area contributed by atoms with Crippen molar-refractivity contribution in [3.63, 3.8) is 0 Å². The fourth-order valence-electron chi connectivity index (χ4n) is 6.61. The van der Waals surface area contributed by atoms with E-state index in [-0.39, 0.29) is 19.6 Å². The summed E-state index contributed by atoms with van der Waals surface area (Å²) in [5.41, 5.74) is 5.36. The third-order valence-electron chi connectivity index (χ3n) is 10.2. The number of unbranched alkanes of at least 4 members (excludes halogenated alkanes) is 23. The molecule has 0 aromatic rings. The molecule has 0 aliphatic rings. The van der Waals surface area contributed by atoms with Crippen molar-refractivity contribution in [3.8, 4) is 0 Å². The van der Waals surface area contributed by atoms with Crippen LogP contribution in [0.2, 0.25) is 0 Å². The molecule has 334 valence electrons. The van der Waals surface area contributed by atoms with Gasteiger partial charge in [0.15, 0.2) is 0 Å². The quantitative estimate of drug-likeness (QED) is 0.0232. The fourth-order valence-corrected chi connectivity index (χ4v) is 7.37. The summed E-state index contributed by atoms with van der Waals surface area (Å²) in [4.78, 5) is 22.8. The molecule has 0 saturated heterocycles. The van der Waals surface area contributed by atoms with E-state index >= 15 is 0 Å². The van der Waals surface area contributed by atoms with Crippen LogP contribution >= 0.6 is 7.82 Å². The smallest absolute Gasteiger partial charge is 0.393 e. The van der Waals surface area contributed by atoms with Crippen LogP contribution in [0.5, 0.6) is 0 Å². The Kier molecular flexibility index (Phi) is 41.4. The van der Waals surface area contributed by atoms with E-state index in [0.29, 0.717) is 12.8 Å². The molecule has 0 bridgehead atoms. The predicted octanol–water partition coefficient (Wildman–Crippen LogP) is 12.3. The first kappa shape index (κ1) is 55.4. The summed E-state index contributed by atoms with van der Waals surface area (Å²) < 4.78 is 22.1.